The number of carboxylic acid groups (broad SMARTS) is 1. The van der Waals surface area contributed by atoms with Crippen molar-refractivity contribution in [1.29, 1.82) is 0 Å². The van der Waals surface area contributed by atoms with Crippen molar-refractivity contribution in [3.8, 4) is 0 Å². The number of ether oxygens (including phenoxy) is 1. The molecule has 1 atom stereocenters. The van der Waals surface area contributed by atoms with E-state index in [1.54, 1.807) is 4.90 Å². The zero-order valence-corrected chi connectivity index (χ0v) is 10.3. The zero-order chi connectivity index (χ0) is 13.5. The summed E-state index contributed by atoms with van der Waals surface area (Å²) in [5.41, 5.74) is 0. The van der Waals surface area contributed by atoms with E-state index < -0.39 is 24.0 Å². The Labute approximate surface area is 105 Å². The molecule has 0 aromatic carbocycles. The molecule has 0 aromatic heterocycles. The lowest BCUT2D eigenvalue weighted by molar-refractivity contribution is -0.147. The number of hydrogen-bond donors (Lipinski definition) is 2. The van der Waals surface area contributed by atoms with Crippen molar-refractivity contribution in [2.75, 3.05) is 20.2 Å². The Balaban J connectivity index is 2.51. The topological polar surface area (TPSA) is 95.9 Å². The van der Waals surface area contributed by atoms with Crippen LogP contribution < -0.4 is 5.32 Å². The van der Waals surface area contributed by atoms with Gasteiger partial charge in [-0.2, -0.15) is 0 Å². The summed E-state index contributed by atoms with van der Waals surface area (Å²) < 4.78 is 4.39. The lowest BCUT2D eigenvalue weighted by Gasteiger charge is -2.28. The second-order valence-corrected chi connectivity index (χ2v) is 4.17. The van der Waals surface area contributed by atoms with Crippen LogP contribution in [-0.4, -0.2) is 54.2 Å². The lowest BCUT2D eigenvalue weighted by atomic mass is 10.1. The van der Waals surface area contributed by atoms with Gasteiger partial charge in [0.05, 0.1) is 13.5 Å². The molecule has 1 aliphatic rings. The van der Waals surface area contributed by atoms with Crippen molar-refractivity contribution in [2.24, 2.45) is 0 Å². The summed E-state index contributed by atoms with van der Waals surface area (Å²) in [5, 5.41) is 11.3. The summed E-state index contributed by atoms with van der Waals surface area (Å²) in [6.45, 7) is 1.24. The van der Waals surface area contributed by atoms with E-state index in [1.165, 1.54) is 7.11 Å². The first-order valence-electron chi connectivity index (χ1n) is 5.89. The third kappa shape index (κ3) is 4.23. The molecule has 1 aliphatic heterocycles. The zero-order valence-electron chi connectivity index (χ0n) is 10.3. The summed E-state index contributed by atoms with van der Waals surface area (Å²) in [6, 6.07) is -1.68. The molecular formula is C11H18N2O5. The summed E-state index contributed by atoms with van der Waals surface area (Å²) in [7, 11) is 1.17. The van der Waals surface area contributed by atoms with Crippen LogP contribution in [0.15, 0.2) is 0 Å². The van der Waals surface area contributed by atoms with E-state index in [2.05, 4.69) is 10.1 Å². The molecule has 0 aliphatic carbocycles. The van der Waals surface area contributed by atoms with Crippen LogP contribution in [-0.2, 0) is 14.3 Å². The van der Waals surface area contributed by atoms with E-state index in [-0.39, 0.29) is 6.42 Å². The van der Waals surface area contributed by atoms with Crippen molar-refractivity contribution in [3.63, 3.8) is 0 Å². The molecule has 2 amide bonds. The predicted molar refractivity (Wildman–Crippen MR) is 62.0 cm³/mol. The number of hydrogen-bond acceptors (Lipinski definition) is 4. The van der Waals surface area contributed by atoms with Crippen LogP contribution in [0, 0.1) is 0 Å². The molecule has 1 fully saturated rings. The quantitative estimate of drug-likeness (QED) is 0.702. The number of carboxylic acids is 1. The van der Waals surface area contributed by atoms with E-state index in [9.17, 15) is 14.4 Å². The van der Waals surface area contributed by atoms with Crippen molar-refractivity contribution < 1.29 is 24.2 Å². The number of likely N-dealkylation sites (tertiary alicyclic amines) is 1. The molecule has 102 valence electrons. The Morgan fingerprint density at radius 2 is 1.89 bits per heavy atom. The summed E-state index contributed by atoms with van der Waals surface area (Å²) in [6.07, 6.45) is 2.55. The number of carbonyl (C=O) groups excluding carboxylic acids is 2. The van der Waals surface area contributed by atoms with E-state index in [4.69, 9.17) is 5.11 Å². The van der Waals surface area contributed by atoms with Crippen LogP contribution in [0.3, 0.4) is 0 Å². The number of aliphatic carboxylic acids is 1. The largest absolute Gasteiger partial charge is 0.480 e. The summed E-state index contributed by atoms with van der Waals surface area (Å²) in [4.78, 5) is 35.3. The van der Waals surface area contributed by atoms with E-state index in [1.807, 2.05) is 0 Å². The molecule has 1 heterocycles. The molecule has 0 bridgehead atoms. The van der Waals surface area contributed by atoms with Crippen LogP contribution in [0.5, 0.6) is 0 Å². The van der Waals surface area contributed by atoms with Crippen LogP contribution in [0.25, 0.3) is 0 Å². The highest BCUT2D eigenvalue weighted by atomic mass is 16.5. The third-order valence-electron chi connectivity index (χ3n) is 2.84. The minimum atomic E-state index is -1.24. The molecule has 0 radical (unpaired) electrons. The summed E-state index contributed by atoms with van der Waals surface area (Å²) in [5.74, 6) is -1.91. The molecule has 1 rings (SSSR count). The Morgan fingerprint density at radius 1 is 1.28 bits per heavy atom. The SMILES string of the molecule is COC(=O)C[C@H](NC(=O)N1CCCCC1)C(=O)O. The number of piperidine rings is 1. The van der Waals surface area contributed by atoms with Gasteiger partial charge in [-0.3, -0.25) is 4.79 Å². The molecule has 0 aromatic rings. The van der Waals surface area contributed by atoms with Gasteiger partial charge in [0.25, 0.3) is 0 Å². The van der Waals surface area contributed by atoms with Crippen LogP contribution in [0.1, 0.15) is 25.7 Å². The number of nitrogens with zero attached hydrogens (tertiary/aromatic N) is 1. The molecule has 18 heavy (non-hydrogen) atoms. The van der Waals surface area contributed by atoms with Gasteiger partial charge in [0.2, 0.25) is 0 Å². The maximum Gasteiger partial charge on any atom is 0.326 e. The van der Waals surface area contributed by atoms with Crippen molar-refractivity contribution in [3.05, 3.63) is 0 Å². The fourth-order valence-corrected chi connectivity index (χ4v) is 1.79. The first kappa shape index (κ1) is 14.3. The third-order valence-corrected chi connectivity index (χ3v) is 2.84. The van der Waals surface area contributed by atoms with E-state index in [0.29, 0.717) is 13.1 Å². The number of carbonyl (C=O) groups is 3. The molecule has 7 nitrogen and oxygen atoms in total. The van der Waals surface area contributed by atoms with Crippen molar-refractivity contribution in [1.82, 2.24) is 10.2 Å². The van der Waals surface area contributed by atoms with Crippen LogP contribution in [0.2, 0.25) is 0 Å². The standard InChI is InChI=1S/C11H18N2O5/c1-18-9(14)7-8(10(15)16)12-11(17)13-5-3-2-4-6-13/h8H,2-7H2,1H3,(H,12,17)(H,15,16)/t8-/m0/s1. The van der Waals surface area contributed by atoms with Crippen molar-refractivity contribution >= 4 is 18.0 Å². The molecule has 0 unspecified atom stereocenters. The minimum Gasteiger partial charge on any atom is -0.480 e. The fraction of sp³-hybridized carbons (Fsp3) is 0.727. The fourth-order valence-electron chi connectivity index (χ4n) is 1.79. The van der Waals surface area contributed by atoms with Gasteiger partial charge in [-0.1, -0.05) is 0 Å². The molecule has 1 saturated heterocycles. The van der Waals surface area contributed by atoms with E-state index >= 15 is 0 Å². The second kappa shape index (κ2) is 6.83. The summed E-state index contributed by atoms with van der Waals surface area (Å²) >= 11 is 0. The lowest BCUT2D eigenvalue weighted by Crippen LogP contribution is -2.50. The number of amides is 2. The molecule has 2 N–H and O–H groups in total. The smallest absolute Gasteiger partial charge is 0.326 e. The Bertz CT molecular complexity index is 325. The maximum absolute atomic E-state index is 11.8. The Hall–Kier alpha value is -1.79. The highest BCUT2D eigenvalue weighted by Crippen LogP contribution is 2.09. The Kier molecular flexibility index (Phi) is 5.41. The second-order valence-electron chi connectivity index (χ2n) is 4.17. The Morgan fingerprint density at radius 3 is 2.39 bits per heavy atom. The first-order valence-corrected chi connectivity index (χ1v) is 5.89. The molecule has 7 heteroatoms. The average Bonchev–Trinajstić information content (AvgIpc) is 2.38. The van der Waals surface area contributed by atoms with Gasteiger partial charge in [0.15, 0.2) is 0 Å². The highest BCUT2D eigenvalue weighted by Gasteiger charge is 2.26. The average molecular weight is 258 g/mol. The van der Waals surface area contributed by atoms with E-state index in [0.717, 1.165) is 19.3 Å². The molecule has 0 saturated carbocycles. The molecular weight excluding hydrogens is 240 g/mol. The number of esters is 1. The van der Waals surface area contributed by atoms with Gasteiger partial charge in [-0.15, -0.1) is 0 Å². The predicted octanol–water partition coefficient (Wildman–Crippen LogP) is 0.198. The number of urea groups is 1. The molecule has 0 spiro atoms. The maximum atomic E-state index is 11.8. The first-order chi connectivity index (χ1) is 8.54. The van der Waals surface area contributed by atoms with Crippen molar-refractivity contribution in [2.45, 2.75) is 31.7 Å². The number of nitrogens with one attached hydrogen (secondary N) is 1. The number of rotatable bonds is 4. The normalized spacial score (nSPS) is 16.8. The van der Waals surface area contributed by atoms with Crippen LogP contribution >= 0.6 is 0 Å². The van der Waals surface area contributed by atoms with Gasteiger partial charge >= 0.3 is 18.0 Å². The van der Waals surface area contributed by atoms with Gasteiger partial charge in [0.1, 0.15) is 6.04 Å². The van der Waals surface area contributed by atoms with Gasteiger partial charge < -0.3 is 20.1 Å². The van der Waals surface area contributed by atoms with Gasteiger partial charge in [-0.25, -0.2) is 9.59 Å². The minimum absolute atomic E-state index is 0.370. The highest BCUT2D eigenvalue weighted by molar-refractivity contribution is 5.86. The van der Waals surface area contributed by atoms with Gasteiger partial charge in [-0.05, 0) is 19.3 Å². The monoisotopic (exact) mass is 258 g/mol. The van der Waals surface area contributed by atoms with Crippen LogP contribution in [0.4, 0.5) is 4.79 Å². The van der Waals surface area contributed by atoms with Gasteiger partial charge in [0, 0.05) is 13.1 Å². The number of methoxy groups -OCH3 is 1.